The lowest BCUT2D eigenvalue weighted by Crippen LogP contribution is -2.42. The van der Waals surface area contributed by atoms with Gasteiger partial charge in [0.25, 0.3) is 0 Å². The zero-order valence-corrected chi connectivity index (χ0v) is 15.7. The van der Waals surface area contributed by atoms with Crippen molar-refractivity contribution in [2.24, 2.45) is 5.92 Å². The number of aryl methyl sites for hydroxylation is 2. The van der Waals surface area contributed by atoms with E-state index in [9.17, 15) is 8.42 Å². The van der Waals surface area contributed by atoms with Gasteiger partial charge in [-0.2, -0.15) is 0 Å². The van der Waals surface area contributed by atoms with Crippen molar-refractivity contribution in [3.8, 4) is 0 Å². The van der Waals surface area contributed by atoms with E-state index in [-0.39, 0.29) is 0 Å². The number of rotatable bonds is 5. The number of hydrogen-bond acceptors (Lipinski definition) is 3. The fraction of sp³-hybridized carbons (Fsp3) is 0.684. The number of benzene rings is 1. The Kier molecular flexibility index (Phi) is 5.63. The summed E-state index contributed by atoms with van der Waals surface area (Å²) in [5.41, 5.74) is 1.79. The van der Waals surface area contributed by atoms with Crippen LogP contribution < -0.4 is 4.72 Å². The standard InChI is InChI=1S/C19H30N2O2S/c1-15-7-8-16(2)19(13-15)24(22,23)20-14-17-9-11-21(12-10-17)18-5-3-4-6-18/h7-8,13,17-18,20H,3-6,9-12,14H2,1-2H3. The van der Waals surface area contributed by atoms with Gasteiger partial charge in [-0.1, -0.05) is 25.0 Å². The fourth-order valence-corrected chi connectivity index (χ4v) is 5.54. The van der Waals surface area contributed by atoms with Crippen LogP contribution in [0.4, 0.5) is 0 Å². The molecule has 1 aliphatic heterocycles. The van der Waals surface area contributed by atoms with E-state index >= 15 is 0 Å². The Labute approximate surface area is 146 Å². The van der Waals surface area contributed by atoms with Crippen molar-refractivity contribution in [1.82, 2.24) is 9.62 Å². The molecule has 0 atom stereocenters. The Morgan fingerprint density at radius 1 is 1.08 bits per heavy atom. The molecule has 1 N–H and O–H groups in total. The number of piperidine rings is 1. The Balaban J connectivity index is 1.53. The van der Waals surface area contributed by atoms with Crippen molar-refractivity contribution in [2.75, 3.05) is 19.6 Å². The molecule has 0 radical (unpaired) electrons. The van der Waals surface area contributed by atoms with Gasteiger partial charge in [-0.15, -0.1) is 0 Å². The van der Waals surface area contributed by atoms with E-state index in [4.69, 9.17) is 0 Å². The van der Waals surface area contributed by atoms with Gasteiger partial charge in [0, 0.05) is 12.6 Å². The minimum absolute atomic E-state index is 0.422. The fourth-order valence-electron chi connectivity index (χ4n) is 4.09. The maximum atomic E-state index is 12.6. The number of nitrogens with zero attached hydrogens (tertiary/aromatic N) is 1. The van der Waals surface area contributed by atoms with E-state index in [0.717, 1.165) is 43.1 Å². The van der Waals surface area contributed by atoms with Gasteiger partial charge in [-0.25, -0.2) is 13.1 Å². The van der Waals surface area contributed by atoms with E-state index in [1.54, 1.807) is 6.07 Å². The van der Waals surface area contributed by atoms with Gasteiger partial charge in [0.05, 0.1) is 4.90 Å². The Morgan fingerprint density at radius 3 is 2.42 bits per heavy atom. The third-order valence-electron chi connectivity index (χ3n) is 5.69. The molecule has 1 saturated heterocycles. The van der Waals surface area contributed by atoms with E-state index in [2.05, 4.69) is 9.62 Å². The molecule has 1 saturated carbocycles. The minimum atomic E-state index is -3.41. The summed E-state index contributed by atoms with van der Waals surface area (Å²) in [6.45, 7) is 6.60. The van der Waals surface area contributed by atoms with Crippen molar-refractivity contribution in [3.63, 3.8) is 0 Å². The van der Waals surface area contributed by atoms with Crippen LogP contribution in [0.5, 0.6) is 0 Å². The van der Waals surface area contributed by atoms with Crippen LogP contribution in [0.3, 0.4) is 0 Å². The lowest BCUT2D eigenvalue weighted by atomic mass is 9.96. The third-order valence-corrected chi connectivity index (χ3v) is 7.25. The number of likely N-dealkylation sites (tertiary alicyclic amines) is 1. The number of nitrogens with one attached hydrogen (secondary N) is 1. The van der Waals surface area contributed by atoms with Crippen LogP contribution >= 0.6 is 0 Å². The molecular formula is C19H30N2O2S. The predicted molar refractivity (Wildman–Crippen MR) is 97.7 cm³/mol. The molecular weight excluding hydrogens is 320 g/mol. The molecule has 1 aromatic carbocycles. The summed E-state index contributed by atoms with van der Waals surface area (Å²) >= 11 is 0. The highest BCUT2D eigenvalue weighted by Crippen LogP contribution is 2.28. The minimum Gasteiger partial charge on any atom is -0.300 e. The van der Waals surface area contributed by atoms with Crippen molar-refractivity contribution < 1.29 is 8.42 Å². The molecule has 1 heterocycles. The number of hydrogen-bond donors (Lipinski definition) is 1. The van der Waals surface area contributed by atoms with Gasteiger partial charge in [-0.05, 0) is 75.7 Å². The maximum Gasteiger partial charge on any atom is 0.240 e. The summed E-state index contributed by atoms with van der Waals surface area (Å²) in [7, 11) is -3.41. The first-order valence-electron chi connectivity index (χ1n) is 9.27. The maximum absolute atomic E-state index is 12.6. The van der Waals surface area contributed by atoms with Crippen LogP contribution in [-0.2, 0) is 10.0 Å². The van der Waals surface area contributed by atoms with Crippen molar-refractivity contribution in [3.05, 3.63) is 29.3 Å². The zero-order valence-electron chi connectivity index (χ0n) is 14.9. The first-order valence-corrected chi connectivity index (χ1v) is 10.7. The predicted octanol–water partition coefficient (Wildman–Crippen LogP) is 3.24. The average molecular weight is 351 g/mol. The summed E-state index contributed by atoms with van der Waals surface area (Å²) in [5, 5.41) is 0. The molecule has 3 rings (SSSR count). The van der Waals surface area contributed by atoms with Gasteiger partial charge in [0.15, 0.2) is 0 Å². The molecule has 1 aromatic rings. The van der Waals surface area contributed by atoms with Crippen LogP contribution in [0.25, 0.3) is 0 Å². The second kappa shape index (κ2) is 7.54. The molecule has 134 valence electrons. The highest BCUT2D eigenvalue weighted by Gasteiger charge is 2.28. The van der Waals surface area contributed by atoms with E-state index < -0.39 is 10.0 Å². The van der Waals surface area contributed by atoms with Crippen LogP contribution in [0.1, 0.15) is 49.7 Å². The van der Waals surface area contributed by atoms with Gasteiger partial charge in [0.1, 0.15) is 0 Å². The average Bonchev–Trinajstić information content (AvgIpc) is 3.10. The lowest BCUT2D eigenvalue weighted by Gasteiger charge is -2.36. The SMILES string of the molecule is Cc1ccc(C)c(S(=O)(=O)NCC2CCN(C3CCCC3)CC2)c1. The van der Waals surface area contributed by atoms with E-state index in [1.807, 2.05) is 26.0 Å². The number of sulfonamides is 1. The van der Waals surface area contributed by atoms with Crippen LogP contribution in [-0.4, -0.2) is 39.0 Å². The molecule has 2 aliphatic rings. The molecule has 2 fully saturated rings. The first kappa shape index (κ1) is 17.9. The molecule has 0 amide bonds. The van der Waals surface area contributed by atoms with Gasteiger partial charge in [-0.3, -0.25) is 0 Å². The van der Waals surface area contributed by atoms with E-state index in [0.29, 0.717) is 17.4 Å². The monoisotopic (exact) mass is 350 g/mol. The molecule has 1 aliphatic carbocycles. The topological polar surface area (TPSA) is 49.4 Å². The van der Waals surface area contributed by atoms with Gasteiger partial charge in [0.2, 0.25) is 10.0 Å². The molecule has 24 heavy (non-hydrogen) atoms. The summed E-state index contributed by atoms with van der Waals surface area (Å²) in [6, 6.07) is 6.38. The Morgan fingerprint density at radius 2 is 1.75 bits per heavy atom. The third kappa shape index (κ3) is 4.19. The summed E-state index contributed by atoms with van der Waals surface area (Å²) in [5.74, 6) is 0.461. The first-order chi connectivity index (χ1) is 11.5. The van der Waals surface area contributed by atoms with Crippen molar-refractivity contribution in [2.45, 2.75) is 63.3 Å². The normalized spacial score (nSPS) is 21.4. The molecule has 0 aromatic heterocycles. The van der Waals surface area contributed by atoms with Gasteiger partial charge < -0.3 is 4.90 Å². The second-order valence-electron chi connectivity index (χ2n) is 7.54. The van der Waals surface area contributed by atoms with Gasteiger partial charge >= 0.3 is 0 Å². The largest absolute Gasteiger partial charge is 0.300 e. The van der Waals surface area contributed by atoms with E-state index in [1.165, 1.54) is 25.7 Å². The lowest BCUT2D eigenvalue weighted by molar-refractivity contribution is 0.135. The van der Waals surface area contributed by atoms with Crippen LogP contribution in [0.2, 0.25) is 0 Å². The molecule has 5 heteroatoms. The second-order valence-corrected chi connectivity index (χ2v) is 9.27. The summed E-state index contributed by atoms with van der Waals surface area (Å²) in [6.07, 6.45) is 7.66. The highest BCUT2D eigenvalue weighted by molar-refractivity contribution is 7.89. The van der Waals surface area contributed by atoms with Crippen molar-refractivity contribution >= 4 is 10.0 Å². The Hall–Kier alpha value is -0.910. The summed E-state index contributed by atoms with van der Waals surface area (Å²) in [4.78, 5) is 3.05. The summed E-state index contributed by atoms with van der Waals surface area (Å²) < 4.78 is 28.1. The molecule has 4 nitrogen and oxygen atoms in total. The van der Waals surface area contributed by atoms with Crippen LogP contribution in [0.15, 0.2) is 23.1 Å². The quantitative estimate of drug-likeness (QED) is 0.887. The zero-order chi connectivity index (χ0) is 17.2. The van der Waals surface area contributed by atoms with Crippen LogP contribution in [0, 0.1) is 19.8 Å². The Bertz CT molecular complexity index is 658. The smallest absolute Gasteiger partial charge is 0.240 e. The highest BCUT2D eigenvalue weighted by atomic mass is 32.2. The molecule has 0 bridgehead atoms. The molecule has 0 spiro atoms. The molecule has 0 unspecified atom stereocenters. The van der Waals surface area contributed by atoms with Crippen molar-refractivity contribution in [1.29, 1.82) is 0 Å².